The molecule has 0 aliphatic rings. The zero-order chi connectivity index (χ0) is 5.58. The molecule has 0 aromatic heterocycles. The molecule has 0 bridgehead atoms. The van der Waals surface area contributed by atoms with E-state index in [-0.39, 0.29) is 29.6 Å². The summed E-state index contributed by atoms with van der Waals surface area (Å²) in [7, 11) is 1.00. The van der Waals surface area contributed by atoms with E-state index in [4.69, 9.17) is 39.9 Å². The molecule has 5 heteroatoms. The quantitative estimate of drug-likeness (QED) is 0.432. The molecular weight excluding hydrogens is 169 g/mol. The van der Waals surface area contributed by atoms with Crippen molar-refractivity contribution in [3.8, 4) is 0 Å². The summed E-state index contributed by atoms with van der Waals surface area (Å²) in [5.74, 6) is 0. The molecule has 0 rings (SSSR count). The van der Waals surface area contributed by atoms with Crippen LogP contribution in [-0.2, 0) is 0 Å². The molecule has 0 aromatic rings. The van der Waals surface area contributed by atoms with Crippen molar-refractivity contribution >= 4 is 64.4 Å². The van der Waals surface area contributed by atoms with Crippen molar-refractivity contribution in [3.05, 3.63) is 0 Å². The minimum Gasteiger partial charge on any atom is -0.400 e. The normalized spacial score (nSPS) is 6.00. The summed E-state index contributed by atoms with van der Waals surface area (Å²) in [6.07, 6.45) is 0. The summed E-state index contributed by atoms with van der Waals surface area (Å²) in [5.41, 5.74) is 0. The molecular formula is C2H5Cl3NaO. The largest absolute Gasteiger partial charge is 0.400 e. The van der Waals surface area contributed by atoms with E-state index in [1.54, 1.807) is 0 Å². The van der Waals surface area contributed by atoms with Crippen molar-refractivity contribution in [1.82, 2.24) is 0 Å². The van der Waals surface area contributed by atoms with E-state index in [2.05, 4.69) is 0 Å². The molecule has 41 valence electrons. The minimum atomic E-state index is -0.750. The molecule has 1 radical (unpaired) electrons. The van der Waals surface area contributed by atoms with Gasteiger partial charge in [-0.3, -0.25) is 0 Å². The van der Waals surface area contributed by atoms with Crippen LogP contribution < -0.4 is 0 Å². The van der Waals surface area contributed by atoms with Gasteiger partial charge in [0.15, 0.2) is 4.30 Å². The molecule has 0 amide bonds. The van der Waals surface area contributed by atoms with Gasteiger partial charge in [-0.2, -0.15) is 0 Å². The third-order valence-corrected chi connectivity index (χ3v) is 0. The van der Waals surface area contributed by atoms with Crippen LogP contribution in [0.4, 0.5) is 0 Å². The van der Waals surface area contributed by atoms with E-state index < -0.39 is 4.30 Å². The Kier molecular flexibility index (Phi) is 35.6. The van der Waals surface area contributed by atoms with Crippen molar-refractivity contribution < 1.29 is 5.11 Å². The maximum Gasteiger partial charge on any atom is 0.180 e. The Balaban J connectivity index is -0.0000000480. The Hall–Kier alpha value is 1.83. The average molecular weight is 174 g/mol. The summed E-state index contributed by atoms with van der Waals surface area (Å²) < 4.78 is -0.750. The second-order valence-electron chi connectivity index (χ2n) is 0.247. The van der Waals surface area contributed by atoms with E-state index in [0.717, 1.165) is 7.11 Å². The monoisotopic (exact) mass is 173 g/mol. The zero-order valence-corrected chi connectivity index (χ0v) is 8.43. The maximum absolute atomic E-state index is 7.00. The number of hydrogen-bond acceptors (Lipinski definition) is 1. The molecule has 1 N–H and O–H groups in total. The predicted octanol–water partition coefficient (Wildman–Crippen LogP) is 1.21. The molecule has 0 aliphatic carbocycles. The fraction of sp³-hybridized carbons (Fsp3) is 1.00. The standard InChI is InChI=1S/CHCl3.CH4O.Na/c2-1(3)4;1-2;/h1H;2H,1H3;. The first-order valence-electron chi connectivity index (χ1n) is 1.10. The number of alkyl halides is 3. The molecule has 0 saturated carbocycles. The van der Waals surface area contributed by atoms with Crippen LogP contribution in [0.2, 0.25) is 0 Å². The van der Waals surface area contributed by atoms with Crippen molar-refractivity contribution in [2.45, 2.75) is 4.30 Å². The first kappa shape index (κ1) is 15.9. The van der Waals surface area contributed by atoms with Gasteiger partial charge >= 0.3 is 0 Å². The SMILES string of the molecule is CO.ClC(Cl)Cl.[Na]. The van der Waals surface area contributed by atoms with Gasteiger partial charge in [0.25, 0.3) is 0 Å². The van der Waals surface area contributed by atoms with Gasteiger partial charge in [-0.25, -0.2) is 0 Å². The molecule has 0 unspecified atom stereocenters. The van der Waals surface area contributed by atoms with Gasteiger partial charge in [0.05, 0.1) is 0 Å². The van der Waals surface area contributed by atoms with E-state index in [0.29, 0.717) is 0 Å². The van der Waals surface area contributed by atoms with E-state index >= 15 is 0 Å². The van der Waals surface area contributed by atoms with Crippen molar-refractivity contribution in [2.75, 3.05) is 7.11 Å². The molecule has 0 saturated heterocycles. The number of aliphatic hydroxyl groups is 1. The van der Waals surface area contributed by atoms with Crippen LogP contribution >= 0.6 is 34.8 Å². The Morgan fingerprint density at radius 3 is 1.14 bits per heavy atom. The molecule has 0 heterocycles. The van der Waals surface area contributed by atoms with Gasteiger partial charge in [-0.15, -0.1) is 0 Å². The average Bonchev–Trinajstić information content (AvgIpc) is 1.41. The van der Waals surface area contributed by atoms with E-state index in [1.807, 2.05) is 0 Å². The topological polar surface area (TPSA) is 20.2 Å². The summed E-state index contributed by atoms with van der Waals surface area (Å²) in [5, 5.41) is 7.00. The second-order valence-corrected chi connectivity index (χ2v) is 2.23. The minimum absolute atomic E-state index is 0. The number of halogens is 3. The van der Waals surface area contributed by atoms with Crippen LogP contribution in [-0.4, -0.2) is 46.1 Å². The molecule has 0 spiro atoms. The van der Waals surface area contributed by atoms with Gasteiger partial charge < -0.3 is 5.11 Å². The third-order valence-electron chi connectivity index (χ3n) is 0. The molecule has 0 atom stereocenters. The van der Waals surface area contributed by atoms with Gasteiger partial charge in [-0.1, -0.05) is 34.8 Å². The first-order chi connectivity index (χ1) is 2.73. The fourth-order valence-electron chi connectivity index (χ4n) is 0. The number of hydrogen-bond donors (Lipinski definition) is 1. The summed E-state index contributed by atoms with van der Waals surface area (Å²) in [6, 6.07) is 0. The zero-order valence-electron chi connectivity index (χ0n) is 4.16. The van der Waals surface area contributed by atoms with Crippen molar-refractivity contribution in [2.24, 2.45) is 0 Å². The number of aliphatic hydroxyl groups excluding tert-OH is 1. The van der Waals surface area contributed by atoms with Crippen molar-refractivity contribution in [3.63, 3.8) is 0 Å². The van der Waals surface area contributed by atoms with Crippen molar-refractivity contribution in [1.29, 1.82) is 0 Å². The molecule has 1 nitrogen and oxygen atoms in total. The first-order valence-corrected chi connectivity index (χ1v) is 2.41. The van der Waals surface area contributed by atoms with Crippen LogP contribution in [0.25, 0.3) is 0 Å². The van der Waals surface area contributed by atoms with Gasteiger partial charge in [0, 0.05) is 36.7 Å². The Bertz CT molecular complexity index is 17.7. The van der Waals surface area contributed by atoms with Crippen LogP contribution in [0.3, 0.4) is 0 Å². The number of rotatable bonds is 0. The molecule has 0 fully saturated rings. The van der Waals surface area contributed by atoms with Crippen LogP contribution in [0, 0.1) is 0 Å². The summed E-state index contributed by atoms with van der Waals surface area (Å²) >= 11 is 14.4. The Labute approximate surface area is 80.2 Å². The summed E-state index contributed by atoms with van der Waals surface area (Å²) in [4.78, 5) is 0. The van der Waals surface area contributed by atoms with Crippen LogP contribution in [0.1, 0.15) is 0 Å². The smallest absolute Gasteiger partial charge is 0.180 e. The second kappa shape index (κ2) is 15.7. The predicted molar refractivity (Wildman–Crippen MR) is 35.2 cm³/mol. The summed E-state index contributed by atoms with van der Waals surface area (Å²) in [6.45, 7) is 0. The van der Waals surface area contributed by atoms with Crippen LogP contribution in [0.15, 0.2) is 0 Å². The third kappa shape index (κ3) is 79.5. The van der Waals surface area contributed by atoms with Gasteiger partial charge in [0.2, 0.25) is 0 Å². The molecule has 0 aromatic carbocycles. The maximum atomic E-state index is 7.00. The van der Waals surface area contributed by atoms with Crippen LogP contribution in [0.5, 0.6) is 0 Å². The van der Waals surface area contributed by atoms with Gasteiger partial charge in [-0.05, 0) is 0 Å². The molecule has 0 aliphatic heterocycles. The fourth-order valence-corrected chi connectivity index (χ4v) is 0. The molecule has 7 heavy (non-hydrogen) atoms. The van der Waals surface area contributed by atoms with Gasteiger partial charge in [0.1, 0.15) is 0 Å². The Morgan fingerprint density at radius 2 is 1.14 bits per heavy atom. The van der Waals surface area contributed by atoms with E-state index in [1.165, 1.54) is 0 Å². The van der Waals surface area contributed by atoms with E-state index in [9.17, 15) is 0 Å². The Morgan fingerprint density at radius 1 is 1.14 bits per heavy atom.